The van der Waals surface area contributed by atoms with Gasteiger partial charge in [-0.15, -0.1) is 0 Å². The molecule has 0 heterocycles. The lowest BCUT2D eigenvalue weighted by Gasteiger charge is -2.29. The smallest absolute Gasteiger partial charge is 0.282 e. The van der Waals surface area contributed by atoms with Crippen LogP contribution in [-0.2, 0) is 23.0 Å². The van der Waals surface area contributed by atoms with Crippen LogP contribution in [0.4, 0.5) is 0 Å². The van der Waals surface area contributed by atoms with Crippen LogP contribution in [0.5, 0.6) is 0 Å². The van der Waals surface area contributed by atoms with Gasteiger partial charge in [0.25, 0.3) is 10.1 Å². The minimum Gasteiger partial charge on any atom is -0.282 e. The van der Waals surface area contributed by atoms with Crippen molar-refractivity contribution in [1.82, 2.24) is 0 Å². The van der Waals surface area contributed by atoms with Gasteiger partial charge < -0.3 is 0 Å². The Kier molecular flexibility index (Phi) is 8.97. The highest BCUT2D eigenvalue weighted by atomic mass is 32.2. The van der Waals surface area contributed by atoms with E-state index in [4.69, 9.17) is 0 Å². The van der Waals surface area contributed by atoms with E-state index >= 15 is 0 Å². The predicted octanol–water partition coefficient (Wildman–Crippen LogP) is 8.15. The fourth-order valence-corrected chi connectivity index (χ4v) is 5.69. The Bertz CT molecular complexity index is 1040. The second-order valence-corrected chi connectivity index (χ2v) is 11.6. The van der Waals surface area contributed by atoms with Crippen molar-refractivity contribution in [2.45, 2.75) is 105 Å². The van der Waals surface area contributed by atoms with Crippen molar-refractivity contribution in [1.29, 1.82) is 0 Å². The van der Waals surface area contributed by atoms with Crippen LogP contribution >= 0.6 is 0 Å². The molecule has 4 atom stereocenters. The van der Waals surface area contributed by atoms with E-state index in [1.807, 2.05) is 6.92 Å². The van der Waals surface area contributed by atoms with E-state index in [2.05, 4.69) is 67.5 Å². The van der Waals surface area contributed by atoms with Gasteiger partial charge in [-0.1, -0.05) is 87.3 Å². The normalized spacial score (nSPS) is 16.3. The van der Waals surface area contributed by atoms with Crippen molar-refractivity contribution in [3.8, 4) is 0 Å². The van der Waals surface area contributed by atoms with Crippen LogP contribution in [0.2, 0.25) is 0 Å². The van der Waals surface area contributed by atoms with Gasteiger partial charge in [-0.2, -0.15) is 8.42 Å². The molecule has 0 aliphatic rings. The number of benzene rings is 2. The van der Waals surface area contributed by atoms with Crippen molar-refractivity contribution >= 4 is 20.9 Å². The highest BCUT2D eigenvalue weighted by Crippen LogP contribution is 2.42. The van der Waals surface area contributed by atoms with Gasteiger partial charge in [-0.25, -0.2) is 0 Å². The molecule has 2 aromatic carbocycles. The Morgan fingerprint density at radius 1 is 0.844 bits per heavy atom. The average molecular weight is 461 g/mol. The first-order chi connectivity index (χ1) is 14.9. The summed E-state index contributed by atoms with van der Waals surface area (Å²) in [7, 11) is -4.32. The molecule has 2 aromatic rings. The van der Waals surface area contributed by atoms with Gasteiger partial charge in [0.15, 0.2) is 0 Å². The lowest BCUT2D eigenvalue weighted by molar-refractivity contribution is 0.461. The van der Waals surface area contributed by atoms with E-state index in [0.29, 0.717) is 30.1 Å². The Labute approximate surface area is 196 Å². The van der Waals surface area contributed by atoms with Gasteiger partial charge >= 0.3 is 0 Å². The summed E-state index contributed by atoms with van der Waals surface area (Å²) in [5, 5.41) is 2.15. The number of hydrogen-bond donors (Lipinski definition) is 1. The third-order valence-corrected chi connectivity index (χ3v) is 8.83. The summed E-state index contributed by atoms with van der Waals surface area (Å²) in [6, 6.07) is 6.27. The summed E-state index contributed by atoms with van der Waals surface area (Å²) in [4.78, 5) is 0.0938. The van der Waals surface area contributed by atoms with Crippen LogP contribution in [0, 0.1) is 17.8 Å². The molecule has 3 nitrogen and oxygen atoms in total. The van der Waals surface area contributed by atoms with E-state index in [-0.39, 0.29) is 10.8 Å². The number of fused-ring (bicyclic) bond motifs is 1. The topological polar surface area (TPSA) is 54.4 Å². The minimum absolute atomic E-state index is 0.0938. The molecule has 0 aromatic heterocycles. The van der Waals surface area contributed by atoms with Crippen LogP contribution in [0.15, 0.2) is 23.1 Å². The molecule has 0 fully saturated rings. The fraction of sp³-hybridized carbons (Fsp3) is 0.643. The highest BCUT2D eigenvalue weighted by Gasteiger charge is 2.27. The molecular formula is C28H44O3S. The van der Waals surface area contributed by atoms with Crippen molar-refractivity contribution in [3.05, 3.63) is 40.5 Å². The first kappa shape index (κ1) is 26.9. The third kappa shape index (κ3) is 5.39. The Balaban J connectivity index is 3.08. The molecule has 0 spiro atoms. The summed E-state index contributed by atoms with van der Waals surface area (Å²) >= 11 is 0. The summed E-state index contributed by atoms with van der Waals surface area (Å²) in [6.07, 6.45) is 3.52. The molecule has 0 saturated carbocycles. The minimum atomic E-state index is -4.32. The second kappa shape index (κ2) is 10.7. The quantitative estimate of drug-likeness (QED) is 0.364. The molecule has 2 rings (SSSR count). The van der Waals surface area contributed by atoms with E-state index in [1.54, 1.807) is 6.07 Å². The molecule has 180 valence electrons. The van der Waals surface area contributed by atoms with Gasteiger partial charge in [-0.05, 0) is 81.5 Å². The van der Waals surface area contributed by atoms with Crippen molar-refractivity contribution in [2.24, 2.45) is 17.8 Å². The Hall–Kier alpha value is -1.39. The largest absolute Gasteiger partial charge is 0.294 e. The van der Waals surface area contributed by atoms with Crippen molar-refractivity contribution in [2.75, 3.05) is 0 Å². The molecule has 1 N–H and O–H groups in total. The third-order valence-electron chi connectivity index (χ3n) is 7.91. The lowest BCUT2D eigenvalue weighted by Crippen LogP contribution is -2.15. The van der Waals surface area contributed by atoms with Crippen LogP contribution in [0.25, 0.3) is 10.8 Å². The SMILES string of the molecule is CCc1c(S(=O)(=O)O)cc2c(C(C)C(C)C)c(C(C)C(C)CC)ccc2c1CC(C)CC. The molecule has 0 radical (unpaired) electrons. The van der Waals surface area contributed by atoms with E-state index in [1.165, 1.54) is 11.1 Å². The summed E-state index contributed by atoms with van der Waals surface area (Å²) in [6.45, 7) is 19.9. The summed E-state index contributed by atoms with van der Waals surface area (Å²) < 4.78 is 35.2. The van der Waals surface area contributed by atoms with Crippen LogP contribution in [-0.4, -0.2) is 13.0 Å². The van der Waals surface area contributed by atoms with E-state index < -0.39 is 10.1 Å². The zero-order chi connectivity index (χ0) is 24.4. The number of rotatable bonds is 10. The zero-order valence-electron chi connectivity index (χ0n) is 21.6. The first-order valence-electron chi connectivity index (χ1n) is 12.5. The van der Waals surface area contributed by atoms with Crippen LogP contribution in [0.3, 0.4) is 0 Å². The standard InChI is InChI=1S/C28H44O3S/c1-10-18(6)15-25-22(12-3)27(32(29,30)31)16-26-24(25)14-13-23(21(9)19(7)11-2)28(26)20(8)17(4)5/h13-14,16-21H,10-12,15H2,1-9H3,(H,29,30,31). The average Bonchev–Trinajstić information content (AvgIpc) is 2.75. The molecule has 0 aliphatic carbocycles. The Morgan fingerprint density at radius 3 is 1.94 bits per heavy atom. The van der Waals surface area contributed by atoms with Crippen LogP contribution in [0.1, 0.15) is 109 Å². The highest BCUT2D eigenvalue weighted by molar-refractivity contribution is 7.85. The molecule has 0 saturated heterocycles. The predicted molar refractivity (Wildman–Crippen MR) is 137 cm³/mol. The monoisotopic (exact) mass is 460 g/mol. The first-order valence-corrected chi connectivity index (χ1v) is 13.9. The molecule has 0 aliphatic heterocycles. The molecule has 4 unspecified atom stereocenters. The van der Waals surface area contributed by atoms with Gasteiger partial charge in [0, 0.05) is 0 Å². The molecule has 0 amide bonds. The molecule has 32 heavy (non-hydrogen) atoms. The maximum absolute atomic E-state index is 12.5. The lowest BCUT2D eigenvalue weighted by atomic mass is 9.76. The Morgan fingerprint density at radius 2 is 1.47 bits per heavy atom. The van der Waals surface area contributed by atoms with Crippen molar-refractivity contribution < 1.29 is 13.0 Å². The summed E-state index contributed by atoms with van der Waals surface area (Å²) in [5.41, 5.74) is 4.43. The number of hydrogen-bond acceptors (Lipinski definition) is 2. The maximum Gasteiger partial charge on any atom is 0.294 e. The van der Waals surface area contributed by atoms with Gasteiger partial charge in [0.1, 0.15) is 0 Å². The maximum atomic E-state index is 12.5. The van der Waals surface area contributed by atoms with Crippen LogP contribution < -0.4 is 0 Å². The van der Waals surface area contributed by atoms with E-state index in [9.17, 15) is 13.0 Å². The van der Waals surface area contributed by atoms with Gasteiger partial charge in [0.2, 0.25) is 0 Å². The van der Waals surface area contributed by atoms with E-state index in [0.717, 1.165) is 41.2 Å². The van der Waals surface area contributed by atoms with Crippen molar-refractivity contribution in [3.63, 3.8) is 0 Å². The molecule has 4 heteroatoms. The van der Waals surface area contributed by atoms with Gasteiger partial charge in [-0.3, -0.25) is 4.55 Å². The fourth-order valence-electron chi connectivity index (χ4n) is 4.84. The van der Waals surface area contributed by atoms with Gasteiger partial charge in [0.05, 0.1) is 4.90 Å². The molecular weight excluding hydrogens is 416 g/mol. The summed E-state index contributed by atoms with van der Waals surface area (Å²) in [5.74, 6) is 2.03. The molecule has 0 bridgehead atoms. The second-order valence-electron chi connectivity index (χ2n) is 10.2. The zero-order valence-corrected chi connectivity index (χ0v) is 22.4.